The third-order valence-electron chi connectivity index (χ3n) is 3.15. The second kappa shape index (κ2) is 6.58. The SMILES string of the molecule is C=N/C=C\N(N)C(c1ccc(N)cc1)c1ccc(N)cc1. The van der Waals surface area contributed by atoms with Crippen LogP contribution in [0.5, 0.6) is 0 Å². The number of nitrogens with two attached hydrogens (primary N) is 3. The summed E-state index contributed by atoms with van der Waals surface area (Å²) in [4.78, 5) is 3.68. The summed E-state index contributed by atoms with van der Waals surface area (Å²) in [5.74, 6) is 6.14. The zero-order chi connectivity index (χ0) is 15.2. The molecule has 108 valence electrons. The van der Waals surface area contributed by atoms with E-state index in [-0.39, 0.29) is 6.04 Å². The van der Waals surface area contributed by atoms with Crippen molar-refractivity contribution in [3.63, 3.8) is 0 Å². The second-order valence-corrected chi connectivity index (χ2v) is 4.66. The third kappa shape index (κ3) is 3.61. The van der Waals surface area contributed by atoms with E-state index in [4.69, 9.17) is 17.3 Å². The third-order valence-corrected chi connectivity index (χ3v) is 3.15. The molecule has 0 fully saturated rings. The molecule has 5 heteroatoms. The summed E-state index contributed by atoms with van der Waals surface area (Å²) in [5, 5.41) is 1.58. The Hall–Kier alpha value is -2.79. The molecule has 0 spiro atoms. The molecule has 0 atom stereocenters. The number of hydrazine groups is 1. The first-order valence-corrected chi connectivity index (χ1v) is 6.48. The summed E-state index contributed by atoms with van der Waals surface area (Å²) >= 11 is 0. The largest absolute Gasteiger partial charge is 0.399 e. The van der Waals surface area contributed by atoms with E-state index in [1.54, 1.807) is 17.4 Å². The maximum Gasteiger partial charge on any atom is 0.0946 e. The maximum atomic E-state index is 6.14. The van der Waals surface area contributed by atoms with Crippen LogP contribution >= 0.6 is 0 Å². The fourth-order valence-electron chi connectivity index (χ4n) is 2.10. The summed E-state index contributed by atoms with van der Waals surface area (Å²) in [7, 11) is 0. The molecule has 0 saturated carbocycles. The standard InChI is InChI=1S/C16H19N5/c1-20-10-11-21(19)16(12-2-6-14(17)7-3-12)13-4-8-15(18)9-5-13/h2-11,16H,1,17-19H2/b11-10-. The Morgan fingerprint density at radius 3 is 1.71 bits per heavy atom. The molecular formula is C16H19N5. The van der Waals surface area contributed by atoms with Gasteiger partial charge in [-0.1, -0.05) is 24.3 Å². The Bertz CT molecular complexity index is 571. The van der Waals surface area contributed by atoms with Crippen LogP contribution < -0.4 is 17.3 Å². The highest BCUT2D eigenvalue weighted by Crippen LogP contribution is 2.28. The number of rotatable bonds is 5. The van der Waals surface area contributed by atoms with Gasteiger partial charge in [-0.05, 0) is 42.1 Å². The zero-order valence-corrected chi connectivity index (χ0v) is 11.7. The van der Waals surface area contributed by atoms with Crippen molar-refractivity contribution in [3.05, 3.63) is 72.1 Å². The highest BCUT2D eigenvalue weighted by Gasteiger charge is 2.17. The van der Waals surface area contributed by atoms with Crippen molar-refractivity contribution in [1.82, 2.24) is 5.01 Å². The topological polar surface area (TPSA) is 93.7 Å². The van der Waals surface area contributed by atoms with Gasteiger partial charge in [0.05, 0.1) is 6.04 Å². The van der Waals surface area contributed by atoms with Gasteiger partial charge in [-0.15, -0.1) is 0 Å². The second-order valence-electron chi connectivity index (χ2n) is 4.66. The average molecular weight is 281 g/mol. The van der Waals surface area contributed by atoms with Gasteiger partial charge in [-0.25, -0.2) is 5.84 Å². The van der Waals surface area contributed by atoms with E-state index in [2.05, 4.69) is 11.7 Å². The van der Waals surface area contributed by atoms with Crippen molar-refractivity contribution in [3.8, 4) is 0 Å². The fourth-order valence-corrected chi connectivity index (χ4v) is 2.10. The highest BCUT2D eigenvalue weighted by atomic mass is 15.4. The first-order valence-electron chi connectivity index (χ1n) is 6.48. The van der Waals surface area contributed by atoms with Crippen molar-refractivity contribution in [2.45, 2.75) is 6.04 Å². The van der Waals surface area contributed by atoms with Gasteiger partial charge in [0, 0.05) is 23.8 Å². The van der Waals surface area contributed by atoms with Gasteiger partial charge in [0.25, 0.3) is 0 Å². The first kappa shape index (κ1) is 14.6. The van der Waals surface area contributed by atoms with Crippen LogP contribution in [0.25, 0.3) is 0 Å². The molecule has 0 saturated heterocycles. The van der Waals surface area contributed by atoms with E-state index in [1.165, 1.54) is 0 Å². The molecule has 2 rings (SSSR count). The summed E-state index contributed by atoms with van der Waals surface area (Å²) in [6.07, 6.45) is 3.21. The van der Waals surface area contributed by atoms with Gasteiger partial charge >= 0.3 is 0 Å². The van der Waals surface area contributed by atoms with Gasteiger partial charge in [-0.3, -0.25) is 4.99 Å². The predicted octanol–water partition coefficient (Wildman–Crippen LogP) is 2.29. The molecule has 0 aliphatic carbocycles. The number of benzene rings is 2. The molecule has 2 aromatic carbocycles. The highest BCUT2D eigenvalue weighted by molar-refractivity contribution is 5.45. The molecule has 0 aliphatic rings. The summed E-state index contributed by atoms with van der Waals surface area (Å²) < 4.78 is 0. The van der Waals surface area contributed by atoms with Crippen molar-refractivity contribution in [2.24, 2.45) is 10.8 Å². The van der Waals surface area contributed by atoms with Crippen molar-refractivity contribution in [2.75, 3.05) is 11.5 Å². The van der Waals surface area contributed by atoms with Crippen LogP contribution in [-0.2, 0) is 0 Å². The van der Waals surface area contributed by atoms with Crippen molar-refractivity contribution < 1.29 is 0 Å². The number of hydrogen-bond acceptors (Lipinski definition) is 5. The molecule has 0 aromatic heterocycles. The zero-order valence-electron chi connectivity index (χ0n) is 11.7. The van der Waals surface area contributed by atoms with Crippen LogP contribution in [0.1, 0.15) is 17.2 Å². The van der Waals surface area contributed by atoms with Crippen LogP contribution in [0.3, 0.4) is 0 Å². The van der Waals surface area contributed by atoms with Crippen LogP contribution in [0.4, 0.5) is 11.4 Å². The monoisotopic (exact) mass is 281 g/mol. The van der Waals surface area contributed by atoms with Gasteiger partial charge in [0.2, 0.25) is 0 Å². The van der Waals surface area contributed by atoms with Crippen molar-refractivity contribution in [1.29, 1.82) is 0 Å². The predicted molar refractivity (Wildman–Crippen MR) is 88.3 cm³/mol. The fraction of sp³-hybridized carbons (Fsp3) is 0.0625. The Labute approximate surface area is 124 Å². The lowest BCUT2D eigenvalue weighted by atomic mass is 9.98. The van der Waals surface area contributed by atoms with Crippen LogP contribution in [0.15, 0.2) is 65.9 Å². The molecule has 5 nitrogen and oxygen atoms in total. The van der Waals surface area contributed by atoms with Crippen LogP contribution in [0.2, 0.25) is 0 Å². The summed E-state index contributed by atoms with van der Waals surface area (Å²) in [6.45, 7) is 3.41. The summed E-state index contributed by atoms with van der Waals surface area (Å²) in [6, 6.07) is 15.0. The summed E-state index contributed by atoms with van der Waals surface area (Å²) in [5.41, 5.74) is 14.9. The van der Waals surface area contributed by atoms with Gasteiger partial charge in [0.1, 0.15) is 0 Å². The van der Waals surface area contributed by atoms with Crippen LogP contribution in [0, 0.1) is 0 Å². The van der Waals surface area contributed by atoms with E-state index < -0.39 is 0 Å². The maximum absolute atomic E-state index is 6.14. The Balaban J connectivity index is 2.42. The quantitative estimate of drug-likeness (QED) is 0.339. The minimum atomic E-state index is -0.163. The number of anilines is 2. The van der Waals surface area contributed by atoms with Crippen LogP contribution in [-0.4, -0.2) is 11.7 Å². The number of hydrogen-bond donors (Lipinski definition) is 3. The lowest BCUT2D eigenvalue weighted by Gasteiger charge is -2.27. The van der Waals surface area contributed by atoms with Gasteiger partial charge in [-0.2, -0.15) is 0 Å². The molecule has 6 N–H and O–H groups in total. The Morgan fingerprint density at radius 1 is 0.905 bits per heavy atom. The minimum Gasteiger partial charge on any atom is -0.399 e. The van der Waals surface area contributed by atoms with E-state index >= 15 is 0 Å². The van der Waals surface area contributed by atoms with Gasteiger partial charge < -0.3 is 16.5 Å². The minimum absolute atomic E-state index is 0.163. The Kier molecular flexibility index (Phi) is 4.58. The number of aliphatic imine (C=N–C) groups is 1. The molecule has 0 radical (unpaired) electrons. The normalized spacial score (nSPS) is 11.0. The molecule has 0 unspecified atom stereocenters. The molecule has 0 bridgehead atoms. The van der Waals surface area contributed by atoms with E-state index in [9.17, 15) is 0 Å². The molecule has 2 aromatic rings. The number of nitrogens with zero attached hydrogens (tertiary/aromatic N) is 2. The molecule has 0 aliphatic heterocycles. The van der Waals surface area contributed by atoms with Crippen molar-refractivity contribution >= 4 is 18.1 Å². The van der Waals surface area contributed by atoms with Gasteiger partial charge in [0.15, 0.2) is 0 Å². The molecule has 21 heavy (non-hydrogen) atoms. The van der Waals surface area contributed by atoms with E-state index in [0.29, 0.717) is 11.4 Å². The lowest BCUT2D eigenvalue weighted by Crippen LogP contribution is -2.31. The average Bonchev–Trinajstić information content (AvgIpc) is 2.49. The molecule has 0 heterocycles. The first-order chi connectivity index (χ1) is 10.1. The van der Waals surface area contributed by atoms with E-state index in [0.717, 1.165) is 11.1 Å². The molecule has 0 amide bonds. The Morgan fingerprint density at radius 2 is 1.33 bits per heavy atom. The van der Waals surface area contributed by atoms with E-state index in [1.807, 2.05) is 48.5 Å². The number of nitrogen functional groups attached to an aromatic ring is 2. The smallest absolute Gasteiger partial charge is 0.0946 e. The molecular weight excluding hydrogens is 262 g/mol. The lowest BCUT2D eigenvalue weighted by molar-refractivity contribution is 0.329.